The Morgan fingerprint density at radius 1 is 0.825 bits per heavy atom. The van der Waals surface area contributed by atoms with Gasteiger partial charge >= 0.3 is 0 Å². The van der Waals surface area contributed by atoms with Gasteiger partial charge in [0.25, 0.3) is 11.8 Å². The lowest BCUT2D eigenvalue weighted by atomic mass is 9.99. The maximum atomic E-state index is 14.0. The lowest BCUT2D eigenvalue weighted by molar-refractivity contribution is 0.0927. The van der Waals surface area contributed by atoms with Crippen LogP contribution in [0.25, 0.3) is 0 Å². The molecule has 2 aliphatic heterocycles. The van der Waals surface area contributed by atoms with E-state index in [4.69, 9.17) is 23.2 Å². The third kappa shape index (κ3) is 4.84. The van der Waals surface area contributed by atoms with Gasteiger partial charge in [-0.15, -0.1) is 11.3 Å². The second kappa shape index (κ2) is 10.8. The van der Waals surface area contributed by atoms with Crippen molar-refractivity contribution in [2.24, 2.45) is 0 Å². The molecule has 0 aliphatic carbocycles. The summed E-state index contributed by atoms with van der Waals surface area (Å²) in [6.45, 7) is 5.69. The molecule has 202 valence electrons. The number of nitrogens with zero attached hydrogens (tertiary/aromatic N) is 3. The van der Waals surface area contributed by atoms with E-state index in [1.54, 1.807) is 48.5 Å². The molecule has 0 saturated carbocycles. The number of halogens is 2. The highest BCUT2D eigenvalue weighted by atomic mass is 35.5. The Morgan fingerprint density at radius 2 is 1.48 bits per heavy atom. The molecule has 0 unspecified atom stereocenters. The summed E-state index contributed by atoms with van der Waals surface area (Å²) in [4.78, 5) is 47.6. The first-order valence-corrected chi connectivity index (χ1v) is 14.5. The number of carbonyl (C=O) groups excluding carboxylic acids is 3. The van der Waals surface area contributed by atoms with Crippen LogP contribution >= 0.6 is 34.5 Å². The zero-order valence-corrected chi connectivity index (χ0v) is 24.0. The fourth-order valence-electron chi connectivity index (χ4n) is 5.32. The first-order chi connectivity index (χ1) is 19.3. The predicted molar refractivity (Wildman–Crippen MR) is 160 cm³/mol. The number of piperazine rings is 1. The van der Waals surface area contributed by atoms with Gasteiger partial charge in [0.1, 0.15) is 5.00 Å². The highest BCUT2D eigenvalue weighted by Gasteiger charge is 2.40. The van der Waals surface area contributed by atoms with E-state index in [2.05, 4.69) is 15.9 Å². The van der Waals surface area contributed by atoms with Crippen LogP contribution in [0.5, 0.6) is 0 Å². The molecule has 1 aromatic heterocycles. The van der Waals surface area contributed by atoms with Gasteiger partial charge in [-0.3, -0.25) is 19.3 Å². The molecule has 6 rings (SSSR count). The van der Waals surface area contributed by atoms with Crippen molar-refractivity contribution >= 4 is 62.8 Å². The summed E-state index contributed by atoms with van der Waals surface area (Å²) < 4.78 is 0. The number of thiophene rings is 1. The molecular formula is C31H25Cl2N3O3S. The first kappa shape index (κ1) is 26.7. The van der Waals surface area contributed by atoms with E-state index in [1.165, 1.54) is 16.2 Å². The van der Waals surface area contributed by atoms with Gasteiger partial charge in [-0.05, 0) is 67.1 Å². The molecule has 0 atom stereocenters. The number of hydrogen-bond acceptors (Lipinski definition) is 6. The minimum atomic E-state index is -0.409. The molecule has 6 nitrogen and oxygen atoms in total. The summed E-state index contributed by atoms with van der Waals surface area (Å²) in [6.07, 6.45) is 0. The molecule has 2 amide bonds. The van der Waals surface area contributed by atoms with Crippen LogP contribution in [-0.4, -0.2) is 48.7 Å². The van der Waals surface area contributed by atoms with Gasteiger partial charge in [-0.25, -0.2) is 4.90 Å². The van der Waals surface area contributed by atoms with Crippen molar-refractivity contribution in [3.63, 3.8) is 0 Å². The molecule has 0 spiro atoms. The number of aryl methyl sites for hydroxylation is 1. The van der Waals surface area contributed by atoms with Crippen LogP contribution < -0.4 is 9.80 Å². The van der Waals surface area contributed by atoms with E-state index in [0.29, 0.717) is 43.8 Å². The van der Waals surface area contributed by atoms with Crippen molar-refractivity contribution in [2.75, 3.05) is 36.0 Å². The second-order valence-corrected chi connectivity index (χ2v) is 12.0. The van der Waals surface area contributed by atoms with Crippen molar-refractivity contribution in [1.29, 1.82) is 0 Å². The molecule has 3 heterocycles. The quantitative estimate of drug-likeness (QED) is 0.184. The van der Waals surface area contributed by atoms with Crippen LogP contribution in [0.2, 0.25) is 10.0 Å². The largest absolute Gasteiger partial charge is 0.369 e. The summed E-state index contributed by atoms with van der Waals surface area (Å²) in [7, 11) is 0. The fourth-order valence-corrected chi connectivity index (χ4v) is 6.79. The van der Waals surface area contributed by atoms with Crippen LogP contribution in [0.4, 0.5) is 10.7 Å². The van der Waals surface area contributed by atoms with Gasteiger partial charge in [-0.1, -0.05) is 41.4 Å². The maximum Gasteiger partial charge on any atom is 0.266 e. The second-order valence-electron chi connectivity index (χ2n) is 9.89. The average molecular weight is 591 g/mol. The van der Waals surface area contributed by atoms with E-state index in [9.17, 15) is 14.4 Å². The molecule has 9 heteroatoms. The number of carbonyl (C=O) groups is 3. The molecule has 3 aromatic carbocycles. The Balaban J connectivity index is 1.34. The number of amides is 2. The Morgan fingerprint density at radius 3 is 2.10 bits per heavy atom. The number of ketones is 1. The van der Waals surface area contributed by atoms with Crippen LogP contribution in [0.15, 0.2) is 72.8 Å². The average Bonchev–Trinajstić information content (AvgIpc) is 3.41. The van der Waals surface area contributed by atoms with Crippen LogP contribution in [-0.2, 0) is 6.54 Å². The minimum absolute atomic E-state index is 0.236. The molecule has 1 saturated heterocycles. The van der Waals surface area contributed by atoms with Gasteiger partial charge in [0.2, 0.25) is 0 Å². The van der Waals surface area contributed by atoms with E-state index in [-0.39, 0.29) is 5.78 Å². The summed E-state index contributed by atoms with van der Waals surface area (Å²) in [5.41, 5.74) is 3.48. The summed E-state index contributed by atoms with van der Waals surface area (Å²) in [6, 6.07) is 21.3. The van der Waals surface area contributed by atoms with Crippen molar-refractivity contribution in [3.8, 4) is 0 Å². The van der Waals surface area contributed by atoms with E-state index in [0.717, 1.165) is 42.3 Å². The molecule has 0 N–H and O–H groups in total. The fraction of sp³-hybridized carbons (Fsp3) is 0.194. The van der Waals surface area contributed by atoms with Crippen LogP contribution in [0.1, 0.15) is 47.1 Å². The van der Waals surface area contributed by atoms with Gasteiger partial charge in [0.15, 0.2) is 5.78 Å². The Labute approximate surface area is 246 Å². The van der Waals surface area contributed by atoms with Gasteiger partial charge in [0, 0.05) is 58.9 Å². The first-order valence-electron chi connectivity index (χ1n) is 12.9. The van der Waals surface area contributed by atoms with Gasteiger partial charge in [0.05, 0.1) is 16.7 Å². The third-order valence-corrected chi connectivity index (χ3v) is 9.07. The molecule has 2 aliphatic rings. The van der Waals surface area contributed by atoms with Gasteiger partial charge < -0.3 is 4.90 Å². The monoisotopic (exact) mass is 589 g/mol. The van der Waals surface area contributed by atoms with E-state index >= 15 is 0 Å². The van der Waals surface area contributed by atoms with Crippen LogP contribution in [0.3, 0.4) is 0 Å². The minimum Gasteiger partial charge on any atom is -0.369 e. The summed E-state index contributed by atoms with van der Waals surface area (Å²) >= 11 is 13.6. The van der Waals surface area contributed by atoms with E-state index in [1.807, 2.05) is 25.1 Å². The normalized spacial score (nSPS) is 15.6. The zero-order valence-electron chi connectivity index (χ0n) is 21.7. The van der Waals surface area contributed by atoms with Crippen molar-refractivity contribution in [3.05, 3.63) is 116 Å². The Kier molecular flexibility index (Phi) is 7.23. The highest BCUT2D eigenvalue weighted by Crippen LogP contribution is 2.41. The number of rotatable bonds is 6. The predicted octanol–water partition coefficient (Wildman–Crippen LogP) is 6.72. The molecule has 40 heavy (non-hydrogen) atoms. The Bertz CT molecular complexity index is 1610. The number of fused-ring (bicyclic) bond motifs is 1. The highest BCUT2D eigenvalue weighted by molar-refractivity contribution is 7.17. The standard InChI is InChI=1S/C31H25Cl2N3O3S/c1-19-26(18-34-13-15-35(16-14-34)23-6-4-5-22(33)17-23)27(28(37)20-9-11-21(32)12-10-20)31(40-19)36-29(38)24-7-2-3-8-25(24)30(36)39/h2-12,17H,13-16,18H2,1H3. The maximum absolute atomic E-state index is 14.0. The molecule has 0 radical (unpaired) electrons. The smallest absolute Gasteiger partial charge is 0.266 e. The van der Waals surface area contributed by atoms with E-state index < -0.39 is 11.8 Å². The lowest BCUT2D eigenvalue weighted by Crippen LogP contribution is -2.46. The molecule has 1 fully saturated rings. The van der Waals surface area contributed by atoms with Crippen molar-refractivity contribution < 1.29 is 14.4 Å². The molecule has 0 bridgehead atoms. The SMILES string of the molecule is Cc1sc(N2C(=O)c3ccccc3C2=O)c(C(=O)c2ccc(Cl)cc2)c1CN1CCN(c2cccc(Cl)c2)CC1. The number of imide groups is 1. The number of anilines is 2. The number of benzene rings is 3. The molecule has 4 aromatic rings. The zero-order chi connectivity index (χ0) is 28.0. The summed E-state index contributed by atoms with van der Waals surface area (Å²) in [5.74, 6) is -1.05. The van der Waals surface area contributed by atoms with Crippen LogP contribution in [0, 0.1) is 6.92 Å². The number of hydrogen-bond donors (Lipinski definition) is 0. The lowest BCUT2D eigenvalue weighted by Gasteiger charge is -2.36. The third-order valence-electron chi connectivity index (χ3n) is 7.45. The molecular weight excluding hydrogens is 565 g/mol. The van der Waals surface area contributed by atoms with Crippen molar-refractivity contribution in [1.82, 2.24) is 4.90 Å². The Hall–Kier alpha value is -3.49. The topological polar surface area (TPSA) is 60.9 Å². The summed E-state index contributed by atoms with van der Waals surface area (Å²) in [5, 5.41) is 1.60. The van der Waals surface area contributed by atoms with Crippen molar-refractivity contribution in [2.45, 2.75) is 13.5 Å². The van der Waals surface area contributed by atoms with Gasteiger partial charge in [-0.2, -0.15) is 0 Å².